The van der Waals surface area contributed by atoms with Crippen LogP contribution >= 0.6 is 0 Å². The fraction of sp³-hybridized carbons (Fsp3) is 0.564. The van der Waals surface area contributed by atoms with Crippen molar-refractivity contribution in [3.8, 4) is 0 Å². The van der Waals surface area contributed by atoms with Crippen LogP contribution in [0.4, 0.5) is 9.59 Å². The normalized spacial score (nSPS) is 22.0. The van der Waals surface area contributed by atoms with E-state index >= 15 is 0 Å². The van der Waals surface area contributed by atoms with Gasteiger partial charge in [-0.05, 0) is 95.3 Å². The lowest BCUT2D eigenvalue weighted by Crippen LogP contribution is -2.58. The zero-order chi connectivity index (χ0) is 71.0. The number of hydrogen-bond acceptors (Lipinski definition) is 14. The molecule has 0 aromatic heterocycles. The van der Waals surface area contributed by atoms with E-state index in [9.17, 15) is 48.6 Å². The van der Waals surface area contributed by atoms with Crippen molar-refractivity contribution in [1.29, 1.82) is 0 Å². The van der Waals surface area contributed by atoms with Crippen molar-refractivity contribution in [3.63, 3.8) is 0 Å². The summed E-state index contributed by atoms with van der Waals surface area (Å²) in [5, 5.41) is 42.4. The zero-order valence-corrected chi connectivity index (χ0v) is 59.2. The second-order valence-electron chi connectivity index (χ2n) is 29.9. The molecule has 4 aromatic rings. The second kappa shape index (κ2) is 34.1. The van der Waals surface area contributed by atoms with Crippen LogP contribution in [0.3, 0.4) is 0 Å². The topological polar surface area (TPSA) is 275 Å². The summed E-state index contributed by atoms with van der Waals surface area (Å²) in [4.78, 5) is 125. The van der Waals surface area contributed by atoms with E-state index in [4.69, 9.17) is 9.68 Å². The van der Waals surface area contributed by atoms with Crippen LogP contribution in [-0.4, -0.2) is 139 Å². The highest BCUT2D eigenvalue weighted by Gasteiger charge is 2.57. The quantitative estimate of drug-likeness (QED) is 0.0310. The summed E-state index contributed by atoms with van der Waals surface area (Å²) in [7, 11) is 0. The lowest BCUT2D eigenvalue weighted by Gasteiger charge is -2.35. The van der Waals surface area contributed by atoms with Crippen molar-refractivity contribution in [3.05, 3.63) is 144 Å². The maximum atomic E-state index is 14.5. The molecular formula is C78H106N8O12. The highest BCUT2D eigenvalue weighted by Crippen LogP contribution is 2.44. The number of oxime groups is 2. The van der Waals surface area contributed by atoms with Gasteiger partial charge < -0.3 is 51.0 Å². The molecule has 10 rings (SSSR count). The number of amides is 6. The Labute approximate surface area is 579 Å². The van der Waals surface area contributed by atoms with Gasteiger partial charge >= 0.3 is 12.1 Å². The molecule has 4 aromatic carbocycles. The first-order valence-corrected chi connectivity index (χ1v) is 35.6. The number of urea groups is 2. The lowest BCUT2D eigenvalue weighted by atomic mass is 9.84. The van der Waals surface area contributed by atoms with E-state index in [1.54, 1.807) is 9.80 Å². The molecule has 20 nitrogen and oxygen atoms in total. The Bertz CT molecular complexity index is 3200. The Hall–Kier alpha value is -8.10. The van der Waals surface area contributed by atoms with Gasteiger partial charge in [0.25, 0.3) is 0 Å². The first-order valence-electron chi connectivity index (χ1n) is 35.6. The molecular weight excluding hydrogens is 1240 g/mol. The van der Waals surface area contributed by atoms with Crippen LogP contribution in [-0.2, 0) is 51.5 Å². The summed E-state index contributed by atoms with van der Waals surface area (Å²) in [5.41, 5.74) is 1.93. The number of hydrogen-bond donors (Lipinski definition) is 6. The number of rotatable bonds is 28. The zero-order valence-electron chi connectivity index (χ0n) is 59.2. The maximum absolute atomic E-state index is 14.5. The van der Waals surface area contributed by atoms with Crippen LogP contribution in [0.2, 0.25) is 0 Å². The Morgan fingerprint density at radius 2 is 0.847 bits per heavy atom. The summed E-state index contributed by atoms with van der Waals surface area (Å²) in [6, 6.07) is 33.7. The summed E-state index contributed by atoms with van der Waals surface area (Å²) in [6.45, 7) is 20.0. The van der Waals surface area contributed by atoms with Crippen LogP contribution in [0.1, 0.15) is 194 Å². The fourth-order valence-corrected chi connectivity index (χ4v) is 13.7. The van der Waals surface area contributed by atoms with Gasteiger partial charge in [-0.3, -0.25) is 28.8 Å². The van der Waals surface area contributed by atoms with Gasteiger partial charge in [-0.15, -0.1) is 0 Å². The number of aliphatic hydroxyl groups excluding tert-OH is 2. The van der Waals surface area contributed by atoms with Crippen LogP contribution in [0, 0.1) is 34.5 Å². The van der Waals surface area contributed by atoms with Gasteiger partial charge in [-0.2, -0.15) is 0 Å². The molecule has 2 aliphatic carbocycles. The SMILES string of the molecule is CC.CCC[C@H](CC(=O)[C@@H]1C[C@]2(CC(c3ccccc3)=NO2)CN1C(=O)[C@@H](NC(=O)NCc1ccccc1)C(C)(C)C)C(O)C(=O)CC1CC1.CCC[C@H](CC(=O)[C@@H]1C[C@]2(CC(c3ccccc3)=NO2)CN1C(=O)[C@@H](NC(=O)NCc1ccccc1)C(C)(C)C)C(O)C(=O)CC1CC1. The molecule has 530 valence electrons. The van der Waals surface area contributed by atoms with Crippen LogP contribution in [0.5, 0.6) is 0 Å². The van der Waals surface area contributed by atoms with Crippen molar-refractivity contribution < 1.29 is 58.2 Å². The molecule has 2 spiro atoms. The van der Waals surface area contributed by atoms with Crippen molar-refractivity contribution in [2.24, 2.45) is 44.8 Å². The number of benzene rings is 4. The van der Waals surface area contributed by atoms with Gasteiger partial charge in [0.05, 0.1) is 36.6 Å². The van der Waals surface area contributed by atoms with Crippen LogP contribution in [0.15, 0.2) is 132 Å². The van der Waals surface area contributed by atoms with Gasteiger partial charge in [-0.1, -0.05) is 214 Å². The average Bonchev–Trinajstić information content (AvgIpc) is 1.60. The molecule has 0 radical (unpaired) electrons. The highest BCUT2D eigenvalue weighted by atomic mass is 16.7. The number of nitrogens with zero attached hydrogens (tertiary/aromatic N) is 4. The third kappa shape index (κ3) is 20.5. The molecule has 10 atom stereocenters. The predicted octanol–water partition coefficient (Wildman–Crippen LogP) is 11.4. The fourth-order valence-electron chi connectivity index (χ4n) is 13.7. The minimum atomic E-state index is -1.22. The van der Waals surface area contributed by atoms with Crippen molar-refractivity contribution in [1.82, 2.24) is 31.1 Å². The van der Waals surface area contributed by atoms with Gasteiger partial charge in [0.2, 0.25) is 11.8 Å². The van der Waals surface area contributed by atoms with E-state index in [2.05, 4.69) is 31.6 Å². The molecule has 98 heavy (non-hydrogen) atoms. The van der Waals surface area contributed by atoms with Gasteiger partial charge in [0.15, 0.2) is 34.3 Å². The molecule has 2 saturated carbocycles. The lowest BCUT2D eigenvalue weighted by molar-refractivity contribution is -0.142. The minimum Gasteiger partial charge on any atom is -0.387 e. The molecule has 4 heterocycles. The van der Waals surface area contributed by atoms with Gasteiger partial charge in [0.1, 0.15) is 24.3 Å². The summed E-state index contributed by atoms with van der Waals surface area (Å²) in [5.74, 6) is -2.06. The van der Waals surface area contributed by atoms with E-state index in [1.165, 1.54) is 0 Å². The summed E-state index contributed by atoms with van der Waals surface area (Å²) in [6.07, 6.45) is 5.86. The van der Waals surface area contributed by atoms with Crippen molar-refractivity contribution in [2.75, 3.05) is 13.1 Å². The van der Waals surface area contributed by atoms with E-state index in [0.29, 0.717) is 76.3 Å². The first kappa shape index (κ1) is 75.7. The molecule has 6 N–H and O–H groups in total. The number of ketones is 4. The molecule has 2 saturated heterocycles. The van der Waals surface area contributed by atoms with Gasteiger partial charge in [-0.25, -0.2) is 9.59 Å². The largest absolute Gasteiger partial charge is 0.387 e. The Kier molecular flexibility index (Phi) is 26.3. The number of likely N-dealkylation sites (tertiary alicyclic amines) is 2. The average molecular weight is 1350 g/mol. The second-order valence-corrected chi connectivity index (χ2v) is 29.9. The van der Waals surface area contributed by atoms with Gasteiger partial charge in [0, 0.05) is 64.5 Å². The predicted molar refractivity (Wildman–Crippen MR) is 377 cm³/mol. The minimum absolute atomic E-state index is 0.0342. The molecule has 0 bridgehead atoms. The molecule has 6 amide bonds. The van der Waals surface area contributed by atoms with E-state index < -0.39 is 82.3 Å². The third-order valence-corrected chi connectivity index (χ3v) is 19.5. The van der Waals surface area contributed by atoms with Crippen molar-refractivity contribution >= 4 is 58.4 Å². The standard InChI is InChI=1S/2C38H50N4O6.C2H6/c2*1-5-12-28(33(45)32(44)19-25-17-18-25)20-31(43)30-22-38(21-29(41-48-38)27-15-10-7-11-16-27)24-42(30)35(46)34(37(2,3)4)40-36(47)39-23-26-13-8-6-9-14-26;1-2/h2*6-11,13-16,25,28,30,33-34,45H,5,12,17-24H2,1-4H3,(H2,39,40,47);1-2H3/t2*28-,30+,33?,34-,38-;/m11./s1. The van der Waals surface area contributed by atoms with Crippen LogP contribution in [0.25, 0.3) is 0 Å². The Morgan fingerprint density at radius 1 is 0.520 bits per heavy atom. The number of Topliss-reactive ketones (excluding diaryl/α,β-unsaturated/α-hetero) is 4. The molecule has 2 unspecified atom stereocenters. The Balaban J connectivity index is 0.000000244. The van der Waals surface area contributed by atoms with Crippen molar-refractivity contribution in [2.45, 2.75) is 233 Å². The number of aliphatic hydroxyl groups is 2. The summed E-state index contributed by atoms with van der Waals surface area (Å²) >= 11 is 0. The van der Waals surface area contributed by atoms with Crippen LogP contribution < -0.4 is 21.3 Å². The monoisotopic (exact) mass is 1350 g/mol. The molecule has 20 heteroatoms. The van der Waals surface area contributed by atoms with E-state index in [1.807, 2.05) is 191 Å². The third-order valence-electron chi connectivity index (χ3n) is 19.5. The molecule has 4 fully saturated rings. The molecule has 4 aliphatic heterocycles. The molecule has 6 aliphatic rings. The van der Waals surface area contributed by atoms with E-state index in [-0.39, 0.29) is 73.7 Å². The smallest absolute Gasteiger partial charge is 0.315 e. The maximum Gasteiger partial charge on any atom is 0.315 e. The number of nitrogens with one attached hydrogen (secondary N) is 4. The first-order chi connectivity index (χ1) is 46.8. The highest BCUT2D eigenvalue weighted by molar-refractivity contribution is 6.03. The van der Waals surface area contributed by atoms with E-state index in [0.717, 1.165) is 59.4 Å². The number of carbonyl (C=O) groups is 8. The number of carbonyl (C=O) groups excluding carboxylic acids is 8. The summed E-state index contributed by atoms with van der Waals surface area (Å²) < 4.78 is 0. The Morgan fingerprint density at radius 3 is 1.15 bits per heavy atom.